The van der Waals surface area contributed by atoms with Crippen LogP contribution in [0.2, 0.25) is 15.1 Å². The van der Waals surface area contributed by atoms with Gasteiger partial charge in [-0.05, 0) is 36.1 Å². The average Bonchev–Trinajstić information content (AvgIpc) is 3.04. The molecular weight excluding hydrogens is 399 g/mol. The Morgan fingerprint density at radius 2 is 1.92 bits per heavy atom. The fourth-order valence-electron chi connectivity index (χ4n) is 3.94. The molecule has 134 valence electrons. The second-order valence-corrected chi connectivity index (χ2v) is 7.64. The molecule has 0 aromatic heterocycles. The summed E-state index contributed by atoms with van der Waals surface area (Å²) in [7, 11) is 0. The quantitative estimate of drug-likeness (QED) is 0.405. The molecule has 0 saturated heterocycles. The zero-order valence-corrected chi connectivity index (χ0v) is 15.5. The van der Waals surface area contributed by atoms with Gasteiger partial charge in [0.15, 0.2) is 0 Å². The number of nitrogens with zero attached hydrogens (tertiary/aromatic N) is 1. The molecule has 5 nitrogen and oxygen atoms in total. The first-order chi connectivity index (χ1) is 12.4. The van der Waals surface area contributed by atoms with Crippen LogP contribution in [0, 0.1) is 16.0 Å². The number of nitro groups is 1. The van der Waals surface area contributed by atoms with E-state index in [0.29, 0.717) is 22.0 Å². The van der Waals surface area contributed by atoms with Crippen molar-refractivity contribution in [2.45, 2.75) is 18.4 Å². The molecule has 2 aliphatic rings. The van der Waals surface area contributed by atoms with Gasteiger partial charge < -0.3 is 10.4 Å². The number of nitro benzene ring substituents is 1. The van der Waals surface area contributed by atoms with Crippen molar-refractivity contribution >= 4 is 46.2 Å². The highest BCUT2D eigenvalue weighted by atomic mass is 35.5. The number of benzene rings is 2. The molecule has 26 heavy (non-hydrogen) atoms. The summed E-state index contributed by atoms with van der Waals surface area (Å²) >= 11 is 18.4. The predicted octanol–water partition coefficient (Wildman–Crippen LogP) is 5.46. The highest BCUT2D eigenvalue weighted by molar-refractivity contribution is 6.35. The maximum Gasteiger partial charge on any atom is 0.293 e. The molecule has 1 heterocycles. The largest absolute Gasteiger partial charge is 0.871 e. The van der Waals surface area contributed by atoms with Crippen LogP contribution in [-0.2, 0) is 0 Å². The maximum atomic E-state index is 12.5. The molecule has 0 amide bonds. The second-order valence-electron chi connectivity index (χ2n) is 6.39. The molecule has 0 spiro atoms. The van der Waals surface area contributed by atoms with Crippen LogP contribution in [0.25, 0.3) is 0 Å². The van der Waals surface area contributed by atoms with Crippen molar-refractivity contribution in [1.82, 2.24) is 0 Å². The highest BCUT2D eigenvalue weighted by Crippen LogP contribution is 2.56. The topological polar surface area (TPSA) is 78.2 Å². The number of rotatable bonds is 2. The van der Waals surface area contributed by atoms with Gasteiger partial charge in [0, 0.05) is 21.7 Å². The van der Waals surface area contributed by atoms with Crippen LogP contribution in [-0.4, -0.2) is 4.92 Å². The van der Waals surface area contributed by atoms with E-state index in [4.69, 9.17) is 34.8 Å². The Morgan fingerprint density at radius 1 is 1.15 bits per heavy atom. The summed E-state index contributed by atoms with van der Waals surface area (Å²) < 4.78 is 0. The number of anilines is 1. The van der Waals surface area contributed by atoms with Crippen molar-refractivity contribution in [1.29, 1.82) is 0 Å². The molecule has 0 fully saturated rings. The van der Waals surface area contributed by atoms with Crippen LogP contribution >= 0.6 is 34.8 Å². The zero-order valence-electron chi connectivity index (χ0n) is 13.2. The van der Waals surface area contributed by atoms with E-state index >= 15 is 0 Å². The first kappa shape index (κ1) is 17.5. The number of halogens is 3. The molecule has 0 unspecified atom stereocenters. The van der Waals surface area contributed by atoms with Crippen LogP contribution in [0.15, 0.2) is 36.4 Å². The second kappa shape index (κ2) is 6.34. The third kappa shape index (κ3) is 2.62. The molecule has 1 aliphatic carbocycles. The summed E-state index contributed by atoms with van der Waals surface area (Å²) in [5.41, 5.74) is 1.16. The Morgan fingerprint density at radius 3 is 2.62 bits per heavy atom. The first-order valence-corrected chi connectivity index (χ1v) is 9.07. The Labute approximate surface area is 164 Å². The molecule has 8 heteroatoms. The molecule has 0 bridgehead atoms. The van der Waals surface area contributed by atoms with Gasteiger partial charge in [0.25, 0.3) is 5.69 Å². The highest BCUT2D eigenvalue weighted by Gasteiger charge is 2.43. The van der Waals surface area contributed by atoms with E-state index in [0.717, 1.165) is 11.6 Å². The van der Waals surface area contributed by atoms with Crippen LogP contribution < -0.4 is 10.4 Å². The third-order valence-corrected chi connectivity index (χ3v) is 5.86. The third-order valence-electron chi connectivity index (χ3n) is 5.01. The van der Waals surface area contributed by atoms with Crippen LogP contribution in [0.5, 0.6) is 5.75 Å². The van der Waals surface area contributed by atoms with E-state index in [1.807, 2.05) is 18.2 Å². The number of allylic oxidation sites excluding steroid dienone is 2. The summed E-state index contributed by atoms with van der Waals surface area (Å²) in [6.07, 6.45) is 4.58. The van der Waals surface area contributed by atoms with Gasteiger partial charge in [0.05, 0.1) is 16.5 Å². The van der Waals surface area contributed by atoms with Crippen molar-refractivity contribution in [3.8, 4) is 5.75 Å². The lowest BCUT2D eigenvalue weighted by atomic mass is 9.76. The summed E-state index contributed by atoms with van der Waals surface area (Å²) in [6, 6.07) is 6.03. The van der Waals surface area contributed by atoms with Gasteiger partial charge in [0.1, 0.15) is 5.02 Å². The number of hydrogen-bond acceptors (Lipinski definition) is 4. The lowest BCUT2D eigenvalue weighted by Crippen LogP contribution is -2.30. The van der Waals surface area contributed by atoms with Crippen molar-refractivity contribution in [2.75, 3.05) is 5.32 Å². The van der Waals surface area contributed by atoms with Crippen molar-refractivity contribution in [3.63, 3.8) is 0 Å². The summed E-state index contributed by atoms with van der Waals surface area (Å²) in [6.45, 7) is 0. The molecule has 3 atom stereocenters. The Hall–Kier alpha value is -1.95. The Bertz CT molecular complexity index is 961. The van der Waals surface area contributed by atoms with Gasteiger partial charge in [0.2, 0.25) is 0 Å². The number of hydrogen-bond donors (Lipinski definition) is 1. The van der Waals surface area contributed by atoms with Gasteiger partial charge in [-0.1, -0.05) is 58.8 Å². The Balaban J connectivity index is 1.91. The minimum absolute atomic E-state index is 0.0160. The number of nitrogens with one attached hydrogen (secondary N) is 1. The van der Waals surface area contributed by atoms with Crippen LogP contribution in [0.3, 0.4) is 0 Å². The summed E-state index contributed by atoms with van der Waals surface area (Å²) in [4.78, 5) is 11.0. The van der Waals surface area contributed by atoms with E-state index in [-0.39, 0.29) is 40.0 Å². The van der Waals surface area contributed by atoms with E-state index in [1.165, 1.54) is 0 Å². The van der Waals surface area contributed by atoms with Crippen molar-refractivity contribution < 1.29 is 10.0 Å². The smallest absolute Gasteiger partial charge is 0.293 e. The number of fused-ring (bicyclic) bond motifs is 3. The van der Waals surface area contributed by atoms with E-state index in [1.54, 1.807) is 12.1 Å². The summed E-state index contributed by atoms with van der Waals surface area (Å²) in [5.74, 6) is -0.669. The fourth-order valence-corrected chi connectivity index (χ4v) is 4.74. The van der Waals surface area contributed by atoms with E-state index < -0.39 is 4.92 Å². The average molecular weight is 411 g/mol. The lowest BCUT2D eigenvalue weighted by molar-refractivity contribution is -0.385. The van der Waals surface area contributed by atoms with Crippen LogP contribution in [0.1, 0.15) is 29.5 Å². The molecule has 1 aliphatic heterocycles. The van der Waals surface area contributed by atoms with E-state index in [2.05, 4.69) is 5.32 Å². The predicted molar refractivity (Wildman–Crippen MR) is 100 cm³/mol. The molecule has 4 rings (SSSR count). The lowest BCUT2D eigenvalue weighted by Gasteiger charge is -2.39. The van der Waals surface area contributed by atoms with Gasteiger partial charge in [-0.2, -0.15) is 0 Å². The Kier molecular flexibility index (Phi) is 4.26. The molecule has 0 radical (unpaired) electrons. The zero-order chi connectivity index (χ0) is 18.6. The summed E-state index contributed by atoms with van der Waals surface area (Å²) in [5, 5.41) is 28.1. The minimum Gasteiger partial charge on any atom is -0.871 e. The molecule has 0 saturated carbocycles. The van der Waals surface area contributed by atoms with Gasteiger partial charge in [-0.15, -0.1) is 0 Å². The molecule has 2 aromatic rings. The first-order valence-electron chi connectivity index (χ1n) is 7.94. The van der Waals surface area contributed by atoms with Crippen LogP contribution in [0.4, 0.5) is 11.4 Å². The fraction of sp³-hybridized carbons (Fsp3) is 0.222. The van der Waals surface area contributed by atoms with Crippen molar-refractivity contribution in [2.24, 2.45) is 5.92 Å². The normalized spacial score (nSPS) is 23.3. The minimum atomic E-state index is -0.527. The SMILES string of the molecule is O=[N+]([O-])c1c(Cl)cc([O-])c2c1[C@H]1C=CC[C@H]1[C@@H](c1ccc(Cl)cc1Cl)N2. The molecule has 1 N–H and O–H groups in total. The molecular formula is C18H12Cl3N2O3-. The van der Waals surface area contributed by atoms with Gasteiger partial charge >= 0.3 is 0 Å². The van der Waals surface area contributed by atoms with E-state index in [9.17, 15) is 15.2 Å². The standard InChI is InChI=1S/C18H13Cl3N2O3/c19-8-4-5-11(12(20)6-8)16-10-3-1-2-9(10)15-17(22-16)14(24)7-13(21)18(15)23(25)26/h1-2,4-7,9-10,16,22,24H,3H2/p-1/t9-,10+,16-/m0/s1. The monoisotopic (exact) mass is 409 g/mol. The van der Waals surface area contributed by atoms with Crippen molar-refractivity contribution in [3.05, 3.63) is 72.7 Å². The van der Waals surface area contributed by atoms with Gasteiger partial charge in [-0.25, -0.2) is 0 Å². The van der Waals surface area contributed by atoms with Gasteiger partial charge in [-0.3, -0.25) is 10.1 Å². The maximum absolute atomic E-state index is 12.5. The molecule has 2 aromatic carbocycles.